The molecule has 0 saturated carbocycles. The van der Waals surface area contributed by atoms with E-state index in [0.717, 1.165) is 11.3 Å². The number of hydrogen-bond donors (Lipinski definition) is 3. The lowest BCUT2D eigenvalue weighted by atomic mass is 10.1. The van der Waals surface area contributed by atoms with Crippen LogP contribution in [0.1, 0.15) is 16.1 Å². The molecule has 7 nitrogen and oxygen atoms in total. The van der Waals surface area contributed by atoms with E-state index < -0.39 is 11.8 Å². The first-order valence-electron chi connectivity index (χ1n) is 5.80. The summed E-state index contributed by atoms with van der Waals surface area (Å²) < 4.78 is 0. The number of aliphatic carboxylic acids is 1. The zero-order valence-corrected chi connectivity index (χ0v) is 10.1. The molecule has 1 amide bonds. The van der Waals surface area contributed by atoms with Crippen LogP contribution in [0.5, 0.6) is 0 Å². The molecule has 0 spiro atoms. The number of benzene rings is 1. The van der Waals surface area contributed by atoms with Gasteiger partial charge in [0.25, 0.3) is 5.78 Å². The van der Waals surface area contributed by atoms with E-state index in [1.165, 1.54) is 6.20 Å². The van der Waals surface area contributed by atoms with Gasteiger partial charge in [-0.25, -0.2) is 9.78 Å². The molecule has 1 aromatic carbocycles. The zero-order chi connectivity index (χ0) is 14.3. The fourth-order valence-electron chi connectivity index (χ4n) is 2.08. The maximum Gasteiger partial charge on any atom is 0.378 e. The smallest absolute Gasteiger partial charge is 0.378 e. The van der Waals surface area contributed by atoms with Crippen molar-refractivity contribution < 1.29 is 19.5 Å². The van der Waals surface area contributed by atoms with Crippen molar-refractivity contribution in [3.8, 4) is 11.4 Å². The van der Waals surface area contributed by atoms with Gasteiger partial charge in [-0.15, -0.1) is 0 Å². The molecule has 1 aromatic heterocycles. The maximum absolute atomic E-state index is 11.3. The second-order valence-corrected chi connectivity index (χ2v) is 4.38. The van der Waals surface area contributed by atoms with Gasteiger partial charge in [0.2, 0.25) is 5.91 Å². The highest BCUT2D eigenvalue weighted by Gasteiger charge is 2.20. The highest BCUT2D eigenvalue weighted by atomic mass is 16.4. The highest BCUT2D eigenvalue weighted by molar-refractivity contribution is 6.39. The molecule has 0 unspecified atom stereocenters. The largest absolute Gasteiger partial charge is 0.475 e. The van der Waals surface area contributed by atoms with Crippen LogP contribution in [0.2, 0.25) is 0 Å². The number of aromatic amines is 1. The summed E-state index contributed by atoms with van der Waals surface area (Å²) in [5.74, 6) is -2.26. The molecular formula is C13H9N3O4. The highest BCUT2D eigenvalue weighted by Crippen LogP contribution is 2.27. The fraction of sp³-hybridized carbons (Fsp3) is 0.0769. The number of ketones is 1. The molecule has 0 radical (unpaired) electrons. The van der Waals surface area contributed by atoms with Crippen molar-refractivity contribution in [3.63, 3.8) is 0 Å². The lowest BCUT2D eigenvalue weighted by Gasteiger charge is -2.01. The molecule has 1 aliphatic heterocycles. The summed E-state index contributed by atoms with van der Waals surface area (Å²) in [7, 11) is 0. The summed E-state index contributed by atoms with van der Waals surface area (Å²) in [5.41, 5.74) is 2.20. The van der Waals surface area contributed by atoms with Crippen molar-refractivity contribution in [1.29, 1.82) is 0 Å². The normalized spacial score (nSPS) is 12.9. The second-order valence-electron chi connectivity index (χ2n) is 4.38. The predicted molar refractivity (Wildman–Crippen MR) is 68.3 cm³/mol. The topological polar surface area (TPSA) is 112 Å². The van der Waals surface area contributed by atoms with Crippen LogP contribution in [-0.2, 0) is 16.0 Å². The third kappa shape index (κ3) is 1.95. The number of carbonyl (C=O) groups excluding carboxylic acids is 2. The van der Waals surface area contributed by atoms with Gasteiger partial charge in [-0.05, 0) is 23.8 Å². The zero-order valence-electron chi connectivity index (χ0n) is 10.1. The fourth-order valence-corrected chi connectivity index (χ4v) is 2.08. The van der Waals surface area contributed by atoms with Crippen molar-refractivity contribution in [1.82, 2.24) is 9.97 Å². The van der Waals surface area contributed by atoms with Crippen molar-refractivity contribution in [2.45, 2.75) is 6.42 Å². The Morgan fingerprint density at radius 1 is 1.30 bits per heavy atom. The lowest BCUT2D eigenvalue weighted by molar-refractivity contribution is -0.131. The Bertz CT molecular complexity index is 748. The Morgan fingerprint density at radius 2 is 2.10 bits per heavy atom. The number of rotatable bonds is 3. The van der Waals surface area contributed by atoms with E-state index in [2.05, 4.69) is 15.3 Å². The second kappa shape index (κ2) is 4.30. The van der Waals surface area contributed by atoms with Gasteiger partial charge in [-0.2, -0.15) is 0 Å². The number of amides is 1. The number of nitrogens with one attached hydrogen (secondary N) is 2. The van der Waals surface area contributed by atoms with Crippen LogP contribution in [0.15, 0.2) is 24.4 Å². The van der Waals surface area contributed by atoms with E-state index in [4.69, 9.17) is 5.11 Å². The third-order valence-electron chi connectivity index (χ3n) is 3.02. The lowest BCUT2D eigenvalue weighted by Crippen LogP contribution is -2.12. The Kier molecular flexibility index (Phi) is 2.60. The molecule has 0 aliphatic carbocycles. The summed E-state index contributed by atoms with van der Waals surface area (Å²) >= 11 is 0. The summed E-state index contributed by atoms with van der Waals surface area (Å²) in [5, 5.41) is 11.3. The van der Waals surface area contributed by atoms with Gasteiger partial charge in [-0.1, -0.05) is 0 Å². The van der Waals surface area contributed by atoms with Gasteiger partial charge in [-0.3, -0.25) is 9.59 Å². The van der Waals surface area contributed by atoms with Gasteiger partial charge in [0, 0.05) is 11.3 Å². The Labute approximate surface area is 112 Å². The van der Waals surface area contributed by atoms with Crippen molar-refractivity contribution in [2.75, 3.05) is 5.32 Å². The van der Waals surface area contributed by atoms with Gasteiger partial charge in [0.05, 0.1) is 12.6 Å². The van der Waals surface area contributed by atoms with Crippen LogP contribution in [-0.4, -0.2) is 32.7 Å². The van der Waals surface area contributed by atoms with E-state index in [1.807, 2.05) is 0 Å². The maximum atomic E-state index is 11.3. The number of hydrogen-bond acceptors (Lipinski definition) is 4. The molecule has 7 heteroatoms. The molecule has 0 atom stereocenters. The minimum Gasteiger partial charge on any atom is -0.475 e. The summed E-state index contributed by atoms with van der Waals surface area (Å²) in [6, 6.07) is 5.26. The molecule has 20 heavy (non-hydrogen) atoms. The molecule has 2 aromatic rings. The average molecular weight is 271 g/mol. The summed E-state index contributed by atoms with van der Waals surface area (Å²) in [6.07, 6.45) is 1.48. The van der Waals surface area contributed by atoms with Gasteiger partial charge >= 0.3 is 5.97 Å². The SMILES string of the molecule is O=C1Cc2cc(-c3ncc(C(=O)C(=O)O)[nH]3)ccc2N1. The monoisotopic (exact) mass is 271 g/mol. The number of fused-ring (bicyclic) bond motifs is 1. The van der Waals surface area contributed by atoms with E-state index in [0.29, 0.717) is 17.8 Å². The minimum absolute atomic E-state index is 0.0710. The van der Waals surface area contributed by atoms with E-state index in [-0.39, 0.29) is 11.6 Å². The van der Waals surface area contributed by atoms with Gasteiger partial charge in [0.1, 0.15) is 11.5 Å². The Balaban J connectivity index is 1.95. The van der Waals surface area contributed by atoms with Crippen LogP contribution >= 0.6 is 0 Å². The first-order chi connectivity index (χ1) is 9.54. The number of carboxylic acid groups (broad SMARTS) is 1. The van der Waals surface area contributed by atoms with E-state index in [9.17, 15) is 14.4 Å². The third-order valence-corrected chi connectivity index (χ3v) is 3.02. The van der Waals surface area contributed by atoms with E-state index >= 15 is 0 Å². The predicted octanol–water partition coefficient (Wildman–Crippen LogP) is 0.839. The average Bonchev–Trinajstić information content (AvgIpc) is 3.01. The first kappa shape index (κ1) is 12.1. The quantitative estimate of drug-likeness (QED) is 0.565. The standard InChI is InChI=1S/C13H9N3O4/c17-10-4-7-3-6(1-2-8(7)15-10)12-14-5-9(16-12)11(18)13(19)20/h1-3,5H,4H2,(H,14,16)(H,15,17)(H,19,20). The molecule has 3 N–H and O–H groups in total. The number of imidazole rings is 1. The van der Waals surface area contributed by atoms with Crippen LogP contribution in [0.3, 0.4) is 0 Å². The number of nitrogens with zero attached hydrogens (tertiary/aromatic N) is 1. The molecular weight excluding hydrogens is 262 g/mol. The number of anilines is 1. The molecule has 0 fully saturated rings. The van der Waals surface area contributed by atoms with Crippen LogP contribution < -0.4 is 5.32 Å². The Morgan fingerprint density at radius 3 is 2.85 bits per heavy atom. The number of carbonyl (C=O) groups is 3. The number of aromatic nitrogens is 2. The van der Waals surface area contributed by atoms with Crippen molar-refractivity contribution in [3.05, 3.63) is 35.7 Å². The molecule has 0 bridgehead atoms. The van der Waals surface area contributed by atoms with E-state index in [1.54, 1.807) is 18.2 Å². The van der Waals surface area contributed by atoms with Crippen molar-refractivity contribution in [2.24, 2.45) is 0 Å². The van der Waals surface area contributed by atoms with Gasteiger partial charge in [0.15, 0.2) is 0 Å². The minimum atomic E-state index is -1.54. The van der Waals surface area contributed by atoms with Crippen LogP contribution in [0.25, 0.3) is 11.4 Å². The van der Waals surface area contributed by atoms with Crippen molar-refractivity contribution >= 4 is 23.3 Å². The Hall–Kier alpha value is -2.96. The number of carboxylic acids is 1. The number of Topliss-reactive ketones (excluding diaryl/α,β-unsaturated/α-hetero) is 1. The molecule has 2 heterocycles. The molecule has 0 saturated heterocycles. The summed E-state index contributed by atoms with van der Waals surface area (Å²) in [4.78, 5) is 39.8. The molecule has 1 aliphatic rings. The number of H-pyrrole nitrogens is 1. The summed E-state index contributed by atoms with van der Waals surface area (Å²) in [6.45, 7) is 0. The molecule has 100 valence electrons. The molecule has 3 rings (SSSR count). The van der Waals surface area contributed by atoms with Gasteiger partial charge < -0.3 is 15.4 Å². The van der Waals surface area contributed by atoms with Crippen LogP contribution in [0.4, 0.5) is 5.69 Å². The first-order valence-corrected chi connectivity index (χ1v) is 5.80. The van der Waals surface area contributed by atoms with Crippen LogP contribution in [0, 0.1) is 0 Å².